The first-order chi connectivity index (χ1) is 11.9. The molecule has 1 unspecified atom stereocenters. The summed E-state index contributed by atoms with van der Waals surface area (Å²) in [5, 5.41) is 9.59. The number of ether oxygens (including phenoxy) is 1. The van der Waals surface area contributed by atoms with Crippen molar-refractivity contribution in [3.63, 3.8) is 0 Å². The molecular formula is C14H9F11O2. The molecule has 13 heteroatoms. The molecule has 1 atom stereocenters. The molecule has 2 rings (SSSR count). The molecule has 1 fully saturated rings. The van der Waals surface area contributed by atoms with E-state index in [1.54, 1.807) is 0 Å². The zero-order valence-electron chi connectivity index (χ0n) is 12.9. The molecule has 0 spiro atoms. The minimum atomic E-state index is -7.32. The van der Waals surface area contributed by atoms with Crippen LogP contribution in [0, 0.1) is 0 Å². The first-order valence-corrected chi connectivity index (χ1v) is 6.85. The molecule has 0 amide bonds. The average molecular weight is 418 g/mol. The lowest BCUT2D eigenvalue weighted by Crippen LogP contribution is -2.84. The highest BCUT2D eigenvalue weighted by atomic mass is 19.4. The monoisotopic (exact) mass is 418 g/mol. The second-order valence-corrected chi connectivity index (χ2v) is 5.76. The average Bonchev–Trinajstić information content (AvgIpc) is 2.58. The quantitative estimate of drug-likeness (QED) is 0.726. The van der Waals surface area contributed by atoms with Crippen molar-refractivity contribution < 1.29 is 58.1 Å². The zero-order chi connectivity index (χ0) is 21.3. The van der Waals surface area contributed by atoms with E-state index in [0.717, 1.165) is 19.2 Å². The van der Waals surface area contributed by atoms with Crippen LogP contribution in [0.2, 0.25) is 0 Å². The highest BCUT2D eigenvalue weighted by molar-refractivity contribution is 5.35. The second kappa shape index (κ2) is 5.61. The Morgan fingerprint density at radius 2 is 1.00 bits per heavy atom. The predicted octanol–water partition coefficient (Wildman–Crippen LogP) is 4.63. The van der Waals surface area contributed by atoms with Crippen molar-refractivity contribution in [2.45, 2.75) is 41.4 Å². The predicted molar refractivity (Wildman–Crippen MR) is 66.5 cm³/mol. The van der Waals surface area contributed by atoms with Crippen molar-refractivity contribution >= 4 is 0 Å². The fourth-order valence-electron chi connectivity index (χ4n) is 2.60. The third-order valence-corrected chi connectivity index (χ3v) is 4.30. The van der Waals surface area contributed by atoms with Gasteiger partial charge >= 0.3 is 29.6 Å². The summed E-state index contributed by atoms with van der Waals surface area (Å²) in [7, 11) is 1.08. The molecule has 154 valence electrons. The standard InChI is InChI=1S/C14H9F11O2/c1-27-7-4-2-6(3-5-7)8(26)9(15)10(16,17)12(20,21)14(24,25)13(22,23)11(9,18)19/h2-5,8,26H,1H3. The van der Waals surface area contributed by atoms with E-state index >= 15 is 0 Å². The van der Waals surface area contributed by atoms with Crippen LogP contribution in [-0.2, 0) is 0 Å². The third kappa shape index (κ3) is 2.17. The molecule has 27 heavy (non-hydrogen) atoms. The van der Waals surface area contributed by atoms with Gasteiger partial charge in [-0.05, 0) is 17.7 Å². The number of aliphatic hydroxyl groups excluding tert-OH is 1. The number of halogens is 11. The molecule has 1 aliphatic carbocycles. The molecule has 0 heterocycles. The van der Waals surface area contributed by atoms with E-state index in [1.807, 2.05) is 0 Å². The van der Waals surface area contributed by atoms with Crippen molar-refractivity contribution in [1.82, 2.24) is 0 Å². The lowest BCUT2D eigenvalue weighted by atomic mass is 9.68. The number of methoxy groups -OCH3 is 1. The van der Waals surface area contributed by atoms with E-state index in [4.69, 9.17) is 0 Å². The Hall–Kier alpha value is -1.79. The van der Waals surface area contributed by atoms with Crippen molar-refractivity contribution in [2.24, 2.45) is 0 Å². The smallest absolute Gasteiger partial charge is 0.384 e. The van der Waals surface area contributed by atoms with Crippen LogP contribution in [0.15, 0.2) is 24.3 Å². The molecule has 0 saturated heterocycles. The highest BCUT2D eigenvalue weighted by Crippen LogP contribution is 2.71. The largest absolute Gasteiger partial charge is 0.497 e. The molecule has 0 aromatic heterocycles. The SMILES string of the molecule is COc1ccc(C(O)C2(F)C(F)(F)C(F)(F)C(F)(F)C(F)(F)C2(F)F)cc1. The summed E-state index contributed by atoms with van der Waals surface area (Å²) in [5.74, 6) is -36.1. The number of hydrogen-bond donors (Lipinski definition) is 1. The van der Waals surface area contributed by atoms with Gasteiger partial charge in [-0.25, -0.2) is 4.39 Å². The normalized spacial score (nSPS) is 27.6. The fourth-order valence-corrected chi connectivity index (χ4v) is 2.60. The van der Waals surface area contributed by atoms with Gasteiger partial charge in [0.1, 0.15) is 11.9 Å². The van der Waals surface area contributed by atoms with Gasteiger partial charge in [0.05, 0.1) is 7.11 Å². The molecule has 1 aromatic carbocycles. The third-order valence-electron chi connectivity index (χ3n) is 4.30. The van der Waals surface area contributed by atoms with E-state index in [1.165, 1.54) is 0 Å². The Morgan fingerprint density at radius 1 is 0.667 bits per heavy atom. The summed E-state index contributed by atoms with van der Waals surface area (Å²) >= 11 is 0. The summed E-state index contributed by atoms with van der Waals surface area (Å²) in [6.07, 6.45) is -4.03. The van der Waals surface area contributed by atoms with E-state index < -0.39 is 46.9 Å². The van der Waals surface area contributed by atoms with Crippen molar-refractivity contribution in [1.29, 1.82) is 0 Å². The number of alkyl halides is 11. The molecule has 0 bridgehead atoms. The van der Waals surface area contributed by atoms with Gasteiger partial charge in [0.2, 0.25) is 0 Å². The lowest BCUT2D eigenvalue weighted by molar-refractivity contribution is -0.494. The highest BCUT2D eigenvalue weighted by Gasteiger charge is 3.02. The second-order valence-electron chi connectivity index (χ2n) is 5.76. The first kappa shape index (κ1) is 21.5. The minimum absolute atomic E-state index is 0.0942. The molecule has 1 aromatic rings. The number of aliphatic hydroxyl groups is 1. The minimum Gasteiger partial charge on any atom is -0.497 e. The van der Waals surface area contributed by atoms with Gasteiger partial charge in [0.25, 0.3) is 5.67 Å². The van der Waals surface area contributed by atoms with Gasteiger partial charge in [-0.3, -0.25) is 0 Å². The summed E-state index contributed by atoms with van der Waals surface area (Å²) in [6.45, 7) is 0. The van der Waals surface area contributed by atoms with Gasteiger partial charge in [0, 0.05) is 0 Å². The van der Waals surface area contributed by atoms with Gasteiger partial charge in [-0.15, -0.1) is 0 Å². The summed E-state index contributed by atoms with van der Waals surface area (Å²) < 4.78 is 154. The summed E-state index contributed by atoms with van der Waals surface area (Å²) in [4.78, 5) is 0. The van der Waals surface area contributed by atoms with Crippen LogP contribution in [0.5, 0.6) is 5.75 Å². The molecule has 1 N–H and O–H groups in total. The Balaban J connectivity index is 2.76. The first-order valence-electron chi connectivity index (χ1n) is 6.85. The van der Waals surface area contributed by atoms with E-state index in [9.17, 15) is 53.4 Å². The Morgan fingerprint density at radius 3 is 1.33 bits per heavy atom. The molecule has 1 saturated carbocycles. The zero-order valence-corrected chi connectivity index (χ0v) is 12.9. The molecule has 0 radical (unpaired) electrons. The molecule has 1 aliphatic rings. The van der Waals surface area contributed by atoms with Crippen LogP contribution >= 0.6 is 0 Å². The van der Waals surface area contributed by atoms with Crippen LogP contribution < -0.4 is 4.74 Å². The van der Waals surface area contributed by atoms with E-state index in [-0.39, 0.29) is 5.75 Å². The van der Waals surface area contributed by atoms with Crippen LogP contribution in [0.1, 0.15) is 11.7 Å². The van der Waals surface area contributed by atoms with Gasteiger partial charge < -0.3 is 9.84 Å². The maximum absolute atomic E-state index is 14.6. The topological polar surface area (TPSA) is 29.5 Å². The number of hydrogen-bond acceptors (Lipinski definition) is 2. The van der Waals surface area contributed by atoms with E-state index in [0.29, 0.717) is 12.1 Å². The van der Waals surface area contributed by atoms with Crippen LogP contribution in [0.25, 0.3) is 0 Å². The van der Waals surface area contributed by atoms with Crippen molar-refractivity contribution in [3.05, 3.63) is 29.8 Å². The van der Waals surface area contributed by atoms with Crippen LogP contribution in [0.4, 0.5) is 48.3 Å². The molecule has 2 nitrogen and oxygen atoms in total. The van der Waals surface area contributed by atoms with Crippen molar-refractivity contribution in [2.75, 3.05) is 7.11 Å². The molecular weight excluding hydrogens is 409 g/mol. The maximum atomic E-state index is 14.6. The maximum Gasteiger partial charge on any atom is 0.384 e. The Bertz CT molecular complexity index is 684. The van der Waals surface area contributed by atoms with Crippen molar-refractivity contribution in [3.8, 4) is 5.75 Å². The lowest BCUT2D eigenvalue weighted by Gasteiger charge is -2.53. The van der Waals surface area contributed by atoms with Crippen LogP contribution in [-0.4, -0.2) is 47.5 Å². The van der Waals surface area contributed by atoms with Crippen LogP contribution in [0.3, 0.4) is 0 Å². The molecule has 0 aliphatic heterocycles. The fraction of sp³-hybridized carbons (Fsp3) is 0.571. The van der Waals surface area contributed by atoms with E-state index in [2.05, 4.69) is 4.74 Å². The number of benzene rings is 1. The van der Waals surface area contributed by atoms with Gasteiger partial charge in [-0.1, -0.05) is 12.1 Å². The Labute approximate surface area is 143 Å². The van der Waals surface area contributed by atoms with Gasteiger partial charge in [0.15, 0.2) is 0 Å². The summed E-state index contributed by atoms with van der Waals surface area (Å²) in [6, 6.07) is 2.40. The van der Waals surface area contributed by atoms with Gasteiger partial charge in [-0.2, -0.15) is 43.9 Å². The summed E-state index contributed by atoms with van der Waals surface area (Å²) in [5.41, 5.74) is -7.77. The Kier molecular flexibility index (Phi) is 4.47. The number of rotatable bonds is 3.